The van der Waals surface area contributed by atoms with Gasteiger partial charge in [-0.15, -0.1) is 0 Å². The largest absolute Gasteiger partial charge is 0.383 e. The minimum atomic E-state index is 0.755. The van der Waals surface area contributed by atoms with Gasteiger partial charge in [0, 0.05) is 38.0 Å². The third kappa shape index (κ3) is 6.21. The van der Waals surface area contributed by atoms with Crippen molar-refractivity contribution in [2.75, 3.05) is 20.3 Å². The monoisotopic (exact) mass is 267 g/mol. The fourth-order valence-electron chi connectivity index (χ4n) is 2.15. The van der Waals surface area contributed by atoms with Crippen LogP contribution in [-0.4, -0.2) is 30.0 Å². The summed E-state index contributed by atoms with van der Waals surface area (Å²) in [5.74, 6) is 0. The molecule has 19 heavy (non-hydrogen) atoms. The molecule has 4 nitrogen and oxygen atoms in total. The Bertz CT molecular complexity index is 336. The maximum Gasteiger partial charge on any atom is 0.0587 e. The van der Waals surface area contributed by atoms with Crippen LogP contribution >= 0.6 is 0 Å². The van der Waals surface area contributed by atoms with Gasteiger partial charge in [-0.3, -0.25) is 4.68 Å². The quantitative estimate of drug-likeness (QED) is 0.627. The lowest BCUT2D eigenvalue weighted by atomic mass is 10.1. The molecule has 1 N–H and O–H groups in total. The smallest absolute Gasteiger partial charge is 0.0587 e. The number of methoxy groups -OCH3 is 1. The van der Waals surface area contributed by atoms with Crippen molar-refractivity contribution in [1.82, 2.24) is 15.1 Å². The van der Waals surface area contributed by atoms with Crippen LogP contribution < -0.4 is 5.32 Å². The number of rotatable bonds is 11. The summed E-state index contributed by atoms with van der Waals surface area (Å²) in [5.41, 5.74) is 2.59. The highest BCUT2D eigenvalue weighted by Crippen LogP contribution is 2.09. The van der Waals surface area contributed by atoms with Crippen LogP contribution in [0, 0.1) is 6.92 Å². The molecule has 0 radical (unpaired) electrons. The highest BCUT2D eigenvalue weighted by atomic mass is 16.5. The molecule has 0 fully saturated rings. The van der Waals surface area contributed by atoms with E-state index in [0.717, 1.165) is 26.2 Å². The molecule has 0 aromatic carbocycles. The fourth-order valence-corrected chi connectivity index (χ4v) is 2.15. The Hall–Kier alpha value is -0.870. The predicted molar refractivity (Wildman–Crippen MR) is 79.3 cm³/mol. The summed E-state index contributed by atoms with van der Waals surface area (Å²) >= 11 is 0. The maximum atomic E-state index is 5.02. The summed E-state index contributed by atoms with van der Waals surface area (Å²) in [6, 6.07) is 0. The molecule has 0 aliphatic heterocycles. The standard InChI is InChI=1S/C15H29N3O/c1-4-5-6-7-8-10-18-14(2)15(13-17-18)12-16-9-11-19-3/h13,16H,4-12H2,1-3H3. The second-order valence-electron chi connectivity index (χ2n) is 5.06. The normalized spacial score (nSPS) is 11.1. The van der Waals surface area contributed by atoms with Gasteiger partial charge >= 0.3 is 0 Å². The summed E-state index contributed by atoms with van der Waals surface area (Å²) in [4.78, 5) is 0. The van der Waals surface area contributed by atoms with Gasteiger partial charge in [-0.2, -0.15) is 5.10 Å². The minimum absolute atomic E-state index is 0.755. The predicted octanol–water partition coefficient (Wildman–Crippen LogP) is 2.90. The molecule has 1 aromatic heterocycles. The van der Waals surface area contributed by atoms with Crippen LogP contribution in [0.15, 0.2) is 6.20 Å². The SMILES string of the molecule is CCCCCCCn1ncc(CNCCOC)c1C. The molecule has 1 rings (SSSR count). The van der Waals surface area contributed by atoms with E-state index in [1.807, 2.05) is 6.20 Å². The van der Waals surface area contributed by atoms with Crippen LogP contribution in [-0.2, 0) is 17.8 Å². The highest BCUT2D eigenvalue weighted by Gasteiger charge is 2.05. The lowest BCUT2D eigenvalue weighted by Crippen LogP contribution is -2.18. The summed E-state index contributed by atoms with van der Waals surface area (Å²) in [6.07, 6.45) is 8.54. The molecule has 110 valence electrons. The number of hydrogen-bond acceptors (Lipinski definition) is 3. The van der Waals surface area contributed by atoms with E-state index in [1.165, 1.54) is 43.4 Å². The molecule has 0 amide bonds. The number of nitrogens with one attached hydrogen (secondary N) is 1. The lowest BCUT2D eigenvalue weighted by molar-refractivity contribution is 0.199. The molecular weight excluding hydrogens is 238 g/mol. The Morgan fingerprint density at radius 1 is 1.26 bits per heavy atom. The van der Waals surface area contributed by atoms with Gasteiger partial charge in [0.15, 0.2) is 0 Å². The van der Waals surface area contributed by atoms with Crippen molar-refractivity contribution in [1.29, 1.82) is 0 Å². The van der Waals surface area contributed by atoms with Crippen molar-refractivity contribution in [3.63, 3.8) is 0 Å². The van der Waals surface area contributed by atoms with E-state index in [1.54, 1.807) is 7.11 Å². The van der Waals surface area contributed by atoms with Gasteiger partial charge in [0.1, 0.15) is 0 Å². The first-order chi connectivity index (χ1) is 9.29. The number of nitrogens with zero attached hydrogens (tertiary/aromatic N) is 2. The minimum Gasteiger partial charge on any atom is -0.383 e. The molecular formula is C15H29N3O. The Morgan fingerprint density at radius 3 is 2.79 bits per heavy atom. The second-order valence-corrected chi connectivity index (χ2v) is 5.06. The first-order valence-electron chi connectivity index (χ1n) is 7.50. The number of unbranched alkanes of at least 4 members (excludes halogenated alkanes) is 4. The van der Waals surface area contributed by atoms with Crippen LogP contribution in [0.25, 0.3) is 0 Å². The van der Waals surface area contributed by atoms with Crippen LogP contribution in [0.3, 0.4) is 0 Å². The highest BCUT2D eigenvalue weighted by molar-refractivity contribution is 5.15. The summed E-state index contributed by atoms with van der Waals surface area (Å²) in [6.45, 7) is 7.98. The molecule has 0 aliphatic rings. The topological polar surface area (TPSA) is 39.1 Å². The number of hydrogen-bond donors (Lipinski definition) is 1. The van der Waals surface area contributed by atoms with E-state index in [-0.39, 0.29) is 0 Å². The summed E-state index contributed by atoms with van der Waals surface area (Å²) in [7, 11) is 1.73. The van der Waals surface area contributed by atoms with E-state index in [4.69, 9.17) is 4.74 Å². The van der Waals surface area contributed by atoms with Crippen molar-refractivity contribution >= 4 is 0 Å². The zero-order valence-corrected chi connectivity index (χ0v) is 12.7. The van der Waals surface area contributed by atoms with E-state index in [0.29, 0.717) is 0 Å². The molecule has 1 heterocycles. The van der Waals surface area contributed by atoms with Gasteiger partial charge < -0.3 is 10.1 Å². The van der Waals surface area contributed by atoms with Crippen LogP contribution in [0.5, 0.6) is 0 Å². The lowest BCUT2D eigenvalue weighted by Gasteiger charge is -2.06. The van der Waals surface area contributed by atoms with Crippen molar-refractivity contribution in [3.05, 3.63) is 17.5 Å². The van der Waals surface area contributed by atoms with Gasteiger partial charge in [0.05, 0.1) is 12.8 Å². The third-order valence-electron chi connectivity index (χ3n) is 3.48. The Labute approximate surface area is 117 Å². The molecule has 4 heteroatoms. The van der Waals surface area contributed by atoms with Gasteiger partial charge in [-0.25, -0.2) is 0 Å². The van der Waals surface area contributed by atoms with Gasteiger partial charge in [0.25, 0.3) is 0 Å². The molecule has 0 aliphatic carbocycles. The average Bonchev–Trinajstić information content (AvgIpc) is 2.76. The molecule has 0 atom stereocenters. The Kier molecular flexibility index (Phi) is 8.50. The van der Waals surface area contributed by atoms with Crippen LogP contribution in [0.1, 0.15) is 50.3 Å². The Morgan fingerprint density at radius 2 is 2.05 bits per heavy atom. The van der Waals surface area contributed by atoms with Crippen molar-refractivity contribution in [3.8, 4) is 0 Å². The summed E-state index contributed by atoms with van der Waals surface area (Å²) < 4.78 is 7.16. The van der Waals surface area contributed by atoms with Crippen LogP contribution in [0.4, 0.5) is 0 Å². The summed E-state index contributed by atoms with van der Waals surface area (Å²) in [5, 5.41) is 7.84. The molecule has 0 unspecified atom stereocenters. The number of aryl methyl sites for hydroxylation is 1. The van der Waals surface area contributed by atoms with Crippen LogP contribution in [0.2, 0.25) is 0 Å². The number of aromatic nitrogens is 2. The first kappa shape index (κ1) is 16.2. The van der Waals surface area contributed by atoms with Gasteiger partial charge in [-0.1, -0.05) is 32.6 Å². The zero-order valence-electron chi connectivity index (χ0n) is 12.7. The first-order valence-corrected chi connectivity index (χ1v) is 7.50. The zero-order chi connectivity index (χ0) is 13.9. The number of ether oxygens (including phenoxy) is 1. The van der Waals surface area contributed by atoms with E-state index < -0.39 is 0 Å². The third-order valence-corrected chi connectivity index (χ3v) is 3.48. The second kappa shape index (κ2) is 9.98. The average molecular weight is 267 g/mol. The van der Waals surface area contributed by atoms with E-state index in [9.17, 15) is 0 Å². The maximum absolute atomic E-state index is 5.02. The Balaban J connectivity index is 2.26. The molecule has 0 saturated carbocycles. The van der Waals surface area contributed by atoms with Gasteiger partial charge in [-0.05, 0) is 13.3 Å². The van der Waals surface area contributed by atoms with Crippen molar-refractivity contribution in [2.45, 2.75) is 59.0 Å². The molecule has 0 bridgehead atoms. The van der Waals surface area contributed by atoms with Crippen molar-refractivity contribution < 1.29 is 4.74 Å². The fraction of sp³-hybridized carbons (Fsp3) is 0.800. The van der Waals surface area contributed by atoms with Gasteiger partial charge in [0.2, 0.25) is 0 Å². The van der Waals surface area contributed by atoms with E-state index in [2.05, 4.69) is 28.9 Å². The van der Waals surface area contributed by atoms with Crippen molar-refractivity contribution in [2.24, 2.45) is 0 Å². The molecule has 1 aromatic rings. The molecule has 0 spiro atoms. The van der Waals surface area contributed by atoms with E-state index >= 15 is 0 Å². The molecule has 0 saturated heterocycles.